The number of hydrogen-bond acceptors (Lipinski definition) is 0. The molecule has 1 aromatic rings. The summed E-state index contributed by atoms with van der Waals surface area (Å²) in [6, 6.07) is 5.55. The Labute approximate surface area is 126 Å². The van der Waals surface area contributed by atoms with Crippen LogP contribution >= 0.6 is 23.2 Å². The van der Waals surface area contributed by atoms with Crippen molar-refractivity contribution in [2.24, 2.45) is 5.92 Å². The van der Waals surface area contributed by atoms with E-state index in [4.69, 9.17) is 23.2 Å². The number of aryl methyl sites for hydroxylation is 1. The third kappa shape index (κ3) is 21.1. The molecule has 0 saturated heterocycles. The molecule has 0 amide bonds. The van der Waals surface area contributed by atoms with Crippen LogP contribution in [0.1, 0.15) is 61.5 Å². The molecule has 0 saturated carbocycles. The molecule has 110 valence electrons. The van der Waals surface area contributed by atoms with Crippen LogP contribution in [-0.2, 0) is 0 Å². The lowest BCUT2D eigenvalue weighted by Crippen LogP contribution is -1.70. The van der Waals surface area contributed by atoms with Gasteiger partial charge in [0.25, 0.3) is 0 Å². The average Bonchev–Trinajstić information content (AvgIpc) is 2.12. The first-order valence-electron chi connectivity index (χ1n) is 5.76. The van der Waals surface area contributed by atoms with E-state index in [-0.39, 0.29) is 14.9 Å². The largest absolute Gasteiger partial charge is 0.0827 e. The number of hydrogen-bond donors (Lipinski definition) is 0. The van der Waals surface area contributed by atoms with Gasteiger partial charge in [0.15, 0.2) is 0 Å². The van der Waals surface area contributed by atoms with Gasteiger partial charge in [0.05, 0.1) is 10.0 Å². The van der Waals surface area contributed by atoms with Crippen LogP contribution in [0.4, 0.5) is 0 Å². The first-order valence-corrected chi connectivity index (χ1v) is 6.52. The molecule has 0 bridgehead atoms. The lowest BCUT2D eigenvalue weighted by molar-refractivity contribution is 0.737. The van der Waals surface area contributed by atoms with Crippen molar-refractivity contribution >= 4 is 23.2 Å². The zero-order chi connectivity index (χ0) is 13.1. The molecule has 0 radical (unpaired) electrons. The lowest BCUT2D eigenvalue weighted by Gasteiger charge is -1.94. The molecule has 1 aromatic carbocycles. The van der Waals surface area contributed by atoms with Gasteiger partial charge in [-0.15, -0.1) is 0 Å². The van der Waals surface area contributed by atoms with E-state index in [1.54, 1.807) is 6.07 Å². The summed E-state index contributed by atoms with van der Waals surface area (Å²) >= 11 is 11.3. The first kappa shape index (κ1) is 26.4. The molecule has 0 aromatic heterocycles. The molecule has 1 rings (SSSR count). The quantitative estimate of drug-likeness (QED) is 0.461. The van der Waals surface area contributed by atoms with Crippen LogP contribution in [0.5, 0.6) is 0 Å². The van der Waals surface area contributed by atoms with Crippen molar-refractivity contribution in [3.63, 3.8) is 0 Å². The van der Waals surface area contributed by atoms with Crippen molar-refractivity contribution < 1.29 is 0 Å². The molecule has 0 aliphatic rings. The molecule has 0 aliphatic carbocycles. The molecule has 0 nitrogen and oxygen atoms in total. The normalized spacial score (nSPS) is 7.83. The highest BCUT2D eigenvalue weighted by Gasteiger charge is 1.93. The van der Waals surface area contributed by atoms with Crippen molar-refractivity contribution in [2.75, 3.05) is 0 Å². The fourth-order valence-electron chi connectivity index (χ4n) is 0.601. The van der Waals surface area contributed by atoms with E-state index in [2.05, 4.69) is 34.6 Å². The minimum atomic E-state index is 0. The van der Waals surface area contributed by atoms with Crippen LogP contribution in [0, 0.1) is 12.8 Å². The van der Waals surface area contributed by atoms with Gasteiger partial charge in [0, 0.05) is 0 Å². The van der Waals surface area contributed by atoms with E-state index in [0.717, 1.165) is 11.5 Å². The standard InChI is InChI=1S/C7H6Cl2.C4H10.C3H8.2CH4/c1-5-2-3-6(8)7(9)4-5;1-4(2)3;1-3-2;;/h2-4H,1H3;4H,1-3H3;3H2,1-2H3;2*1H4. The second-order valence-corrected chi connectivity index (χ2v) is 5.17. The molecule has 0 unspecified atom stereocenters. The number of halogens is 2. The van der Waals surface area contributed by atoms with Crippen LogP contribution in [0.25, 0.3) is 0 Å². The van der Waals surface area contributed by atoms with Gasteiger partial charge in [-0.25, -0.2) is 0 Å². The summed E-state index contributed by atoms with van der Waals surface area (Å²) in [6.45, 7) is 12.7. The Kier molecular flexibility index (Phi) is 24.6. The minimum absolute atomic E-state index is 0. The Morgan fingerprint density at radius 2 is 1.28 bits per heavy atom. The highest BCUT2D eigenvalue weighted by molar-refractivity contribution is 6.41. The lowest BCUT2D eigenvalue weighted by atomic mass is 10.2. The monoisotopic (exact) mass is 294 g/mol. The fraction of sp³-hybridized carbons (Fsp3) is 0.625. The van der Waals surface area contributed by atoms with Crippen molar-refractivity contribution in [1.82, 2.24) is 0 Å². The summed E-state index contributed by atoms with van der Waals surface area (Å²) in [5.41, 5.74) is 1.13. The first-order chi connectivity index (χ1) is 7.34. The Balaban J connectivity index is -0.0000000943. The fourth-order valence-corrected chi connectivity index (χ4v) is 0.954. The highest BCUT2D eigenvalue weighted by atomic mass is 35.5. The Morgan fingerprint density at radius 1 is 0.944 bits per heavy atom. The van der Waals surface area contributed by atoms with E-state index in [1.165, 1.54) is 6.42 Å². The molecule has 2 heteroatoms. The van der Waals surface area contributed by atoms with Crippen LogP contribution in [0.3, 0.4) is 0 Å². The molecule has 0 N–H and O–H groups in total. The number of benzene rings is 1. The van der Waals surface area contributed by atoms with Gasteiger partial charge in [-0.3, -0.25) is 0 Å². The molecular formula is C16H32Cl2. The van der Waals surface area contributed by atoms with E-state index in [1.807, 2.05) is 19.1 Å². The topological polar surface area (TPSA) is 0 Å². The highest BCUT2D eigenvalue weighted by Crippen LogP contribution is 2.21. The molecule has 0 aliphatic heterocycles. The molecule has 0 heterocycles. The summed E-state index contributed by atoms with van der Waals surface area (Å²) < 4.78 is 0. The second kappa shape index (κ2) is 16.8. The van der Waals surface area contributed by atoms with Gasteiger partial charge in [-0.2, -0.15) is 0 Å². The molecule has 0 spiro atoms. The van der Waals surface area contributed by atoms with E-state index in [9.17, 15) is 0 Å². The van der Waals surface area contributed by atoms with Crippen molar-refractivity contribution in [2.45, 2.75) is 62.8 Å². The predicted octanol–water partition coefficient (Wildman–Crippen LogP) is 7.65. The molecule has 0 atom stereocenters. The van der Waals surface area contributed by atoms with Gasteiger partial charge in [-0.05, 0) is 30.5 Å². The SMILES string of the molecule is C.C.CC(C)C.CCC.Cc1ccc(Cl)c(Cl)c1. The Bertz CT molecular complexity index is 265. The zero-order valence-corrected chi connectivity index (χ0v) is 12.8. The summed E-state index contributed by atoms with van der Waals surface area (Å²) in [4.78, 5) is 0. The second-order valence-electron chi connectivity index (χ2n) is 4.36. The van der Waals surface area contributed by atoms with Gasteiger partial charge in [0.2, 0.25) is 0 Å². The third-order valence-corrected chi connectivity index (χ3v) is 1.81. The Hall–Kier alpha value is -0.200. The Morgan fingerprint density at radius 3 is 1.50 bits per heavy atom. The van der Waals surface area contributed by atoms with Gasteiger partial charge in [0.1, 0.15) is 0 Å². The summed E-state index contributed by atoms with van der Waals surface area (Å²) in [5, 5.41) is 1.24. The van der Waals surface area contributed by atoms with Crippen LogP contribution in [-0.4, -0.2) is 0 Å². The van der Waals surface area contributed by atoms with E-state index in [0.29, 0.717) is 10.0 Å². The van der Waals surface area contributed by atoms with E-state index < -0.39 is 0 Å². The summed E-state index contributed by atoms with van der Waals surface area (Å²) in [7, 11) is 0. The van der Waals surface area contributed by atoms with Gasteiger partial charge >= 0.3 is 0 Å². The maximum absolute atomic E-state index is 5.68. The molecular weight excluding hydrogens is 263 g/mol. The molecule has 18 heavy (non-hydrogen) atoms. The maximum Gasteiger partial charge on any atom is 0.0594 e. The summed E-state index contributed by atoms with van der Waals surface area (Å²) in [6.07, 6.45) is 1.25. The van der Waals surface area contributed by atoms with E-state index >= 15 is 0 Å². The maximum atomic E-state index is 5.68. The minimum Gasteiger partial charge on any atom is -0.0827 e. The third-order valence-electron chi connectivity index (χ3n) is 1.08. The van der Waals surface area contributed by atoms with Crippen molar-refractivity contribution in [3.05, 3.63) is 33.8 Å². The van der Waals surface area contributed by atoms with Crippen LogP contribution in [0.15, 0.2) is 18.2 Å². The molecule has 0 fully saturated rings. The van der Waals surface area contributed by atoms with Crippen molar-refractivity contribution in [1.29, 1.82) is 0 Å². The van der Waals surface area contributed by atoms with Crippen LogP contribution in [0.2, 0.25) is 10.0 Å². The average molecular weight is 295 g/mol. The van der Waals surface area contributed by atoms with Gasteiger partial charge < -0.3 is 0 Å². The van der Waals surface area contributed by atoms with Crippen LogP contribution < -0.4 is 0 Å². The van der Waals surface area contributed by atoms with Gasteiger partial charge in [-0.1, -0.05) is 85.2 Å². The van der Waals surface area contributed by atoms with Crippen molar-refractivity contribution in [3.8, 4) is 0 Å². The summed E-state index contributed by atoms with van der Waals surface area (Å²) in [5.74, 6) is 0.833. The predicted molar refractivity (Wildman–Crippen MR) is 91.1 cm³/mol. The smallest absolute Gasteiger partial charge is 0.0594 e. The zero-order valence-electron chi connectivity index (χ0n) is 11.3. The number of rotatable bonds is 0.